The molecule has 2 atom stereocenters. The summed E-state index contributed by atoms with van der Waals surface area (Å²) in [6.45, 7) is 4.86. The van der Waals surface area contributed by atoms with Crippen molar-refractivity contribution in [2.45, 2.75) is 328 Å². The summed E-state index contributed by atoms with van der Waals surface area (Å²) < 4.78 is 5.47. The molecule has 0 aliphatic heterocycles. The van der Waals surface area contributed by atoms with E-state index in [1.807, 2.05) is 6.08 Å². The summed E-state index contributed by atoms with van der Waals surface area (Å²) in [5, 5.41) is 22.9. The number of esters is 1. The number of allylic oxidation sites excluding steroid dienone is 3. The van der Waals surface area contributed by atoms with Gasteiger partial charge in [-0.3, -0.25) is 9.59 Å². The van der Waals surface area contributed by atoms with Crippen LogP contribution in [0.25, 0.3) is 0 Å². The summed E-state index contributed by atoms with van der Waals surface area (Å²) in [6, 6.07) is -0.623. The lowest BCUT2D eigenvalue weighted by atomic mass is 10.0. The number of rotatable bonds is 54. The largest absolute Gasteiger partial charge is 0.466 e. The standard InChI is InChI=1S/C59H113NO5/c1-3-5-7-9-11-13-14-33-37-41-45-49-53-59(64)65-54-50-46-42-38-34-31-29-27-25-23-21-19-17-15-16-18-20-22-24-26-28-30-32-36-40-44-48-52-58(63)60-56(55-61)57(62)51-47-43-39-35-12-10-8-6-4-2/h11,13,47,51,56-57,61-62H,3-10,12,14-46,48-50,52-55H2,1-2H3,(H,60,63)/b13-11-,51-47+. The number of nitrogens with one attached hydrogen (secondary N) is 1. The molecule has 6 nitrogen and oxygen atoms in total. The van der Waals surface area contributed by atoms with Crippen molar-refractivity contribution in [1.29, 1.82) is 0 Å². The van der Waals surface area contributed by atoms with Crippen molar-refractivity contribution < 1.29 is 24.5 Å². The molecule has 0 aromatic carbocycles. The molecule has 0 saturated carbocycles. The van der Waals surface area contributed by atoms with Gasteiger partial charge in [0.1, 0.15) is 0 Å². The molecular formula is C59H113NO5. The SMILES string of the molecule is CCCCC/C=C\CCCCCCCC(=O)OCCCCCCCCCCCCCCCCCCCCCCCCCCCCCC(=O)NC(CO)C(O)/C=C/CCCCCCCCC. The van der Waals surface area contributed by atoms with Crippen LogP contribution in [-0.4, -0.2) is 47.4 Å². The fourth-order valence-electron chi connectivity index (χ4n) is 8.98. The third-order valence-electron chi connectivity index (χ3n) is 13.5. The second-order valence-corrected chi connectivity index (χ2v) is 20.0. The van der Waals surface area contributed by atoms with Crippen LogP contribution in [0.4, 0.5) is 0 Å². The molecule has 0 aliphatic carbocycles. The Hall–Kier alpha value is -1.66. The highest BCUT2D eigenvalue weighted by molar-refractivity contribution is 5.76. The van der Waals surface area contributed by atoms with E-state index in [1.54, 1.807) is 6.08 Å². The van der Waals surface area contributed by atoms with Gasteiger partial charge in [-0.1, -0.05) is 269 Å². The Morgan fingerprint density at radius 3 is 1.12 bits per heavy atom. The van der Waals surface area contributed by atoms with Gasteiger partial charge in [-0.05, 0) is 57.8 Å². The van der Waals surface area contributed by atoms with Gasteiger partial charge in [-0.25, -0.2) is 0 Å². The van der Waals surface area contributed by atoms with Crippen molar-refractivity contribution in [2.75, 3.05) is 13.2 Å². The molecule has 65 heavy (non-hydrogen) atoms. The molecule has 0 aromatic rings. The average molecular weight is 917 g/mol. The number of aliphatic hydroxyl groups is 2. The molecule has 0 heterocycles. The maximum Gasteiger partial charge on any atom is 0.305 e. The lowest BCUT2D eigenvalue weighted by molar-refractivity contribution is -0.143. The van der Waals surface area contributed by atoms with Gasteiger partial charge in [0, 0.05) is 12.8 Å². The Morgan fingerprint density at radius 1 is 0.415 bits per heavy atom. The van der Waals surface area contributed by atoms with E-state index in [-0.39, 0.29) is 18.5 Å². The van der Waals surface area contributed by atoms with Crippen molar-refractivity contribution in [2.24, 2.45) is 0 Å². The van der Waals surface area contributed by atoms with Gasteiger partial charge >= 0.3 is 5.97 Å². The summed E-state index contributed by atoms with van der Waals surface area (Å²) in [6.07, 6.45) is 66.5. The first-order chi connectivity index (χ1) is 32.0. The molecule has 0 aromatic heterocycles. The van der Waals surface area contributed by atoms with Gasteiger partial charge in [0.25, 0.3) is 0 Å². The van der Waals surface area contributed by atoms with Crippen molar-refractivity contribution in [3.05, 3.63) is 24.3 Å². The van der Waals surface area contributed by atoms with Crippen LogP contribution in [0.2, 0.25) is 0 Å². The fourth-order valence-corrected chi connectivity index (χ4v) is 8.98. The van der Waals surface area contributed by atoms with Crippen LogP contribution in [0.3, 0.4) is 0 Å². The molecule has 0 spiro atoms. The first kappa shape index (κ1) is 63.3. The summed E-state index contributed by atoms with van der Waals surface area (Å²) in [4.78, 5) is 24.4. The third-order valence-corrected chi connectivity index (χ3v) is 13.5. The van der Waals surface area contributed by atoms with Crippen LogP contribution in [0, 0.1) is 0 Å². The highest BCUT2D eigenvalue weighted by atomic mass is 16.5. The molecule has 6 heteroatoms. The smallest absolute Gasteiger partial charge is 0.305 e. The minimum absolute atomic E-state index is 0.00735. The van der Waals surface area contributed by atoms with Crippen LogP contribution in [0.1, 0.15) is 316 Å². The Kier molecular flexibility index (Phi) is 53.5. The molecular weight excluding hydrogens is 803 g/mol. The Bertz CT molecular complexity index is 1010. The second kappa shape index (κ2) is 54.9. The van der Waals surface area contributed by atoms with Crippen LogP contribution in [0.5, 0.6) is 0 Å². The van der Waals surface area contributed by atoms with Crippen LogP contribution in [-0.2, 0) is 14.3 Å². The molecule has 0 fully saturated rings. The number of ether oxygens (including phenoxy) is 1. The number of unbranched alkanes of at least 4 members (excludes halogenated alkanes) is 41. The molecule has 3 N–H and O–H groups in total. The summed E-state index contributed by atoms with van der Waals surface area (Å²) in [5.41, 5.74) is 0. The second-order valence-electron chi connectivity index (χ2n) is 20.0. The zero-order valence-electron chi connectivity index (χ0n) is 43.7. The van der Waals surface area contributed by atoms with Gasteiger partial charge in [0.2, 0.25) is 5.91 Å². The number of hydrogen-bond donors (Lipinski definition) is 3. The minimum Gasteiger partial charge on any atom is -0.466 e. The van der Waals surface area contributed by atoms with E-state index in [2.05, 4.69) is 31.3 Å². The van der Waals surface area contributed by atoms with Crippen molar-refractivity contribution in [1.82, 2.24) is 5.32 Å². The van der Waals surface area contributed by atoms with E-state index in [0.29, 0.717) is 19.4 Å². The highest BCUT2D eigenvalue weighted by Gasteiger charge is 2.18. The van der Waals surface area contributed by atoms with E-state index in [1.165, 1.54) is 244 Å². The Labute approximate surface area is 405 Å². The first-order valence-corrected chi connectivity index (χ1v) is 29.1. The van der Waals surface area contributed by atoms with E-state index < -0.39 is 12.1 Å². The van der Waals surface area contributed by atoms with Gasteiger partial charge in [0.05, 0.1) is 25.4 Å². The molecule has 0 aliphatic rings. The summed E-state index contributed by atoms with van der Waals surface area (Å²) >= 11 is 0. The summed E-state index contributed by atoms with van der Waals surface area (Å²) in [7, 11) is 0. The maximum atomic E-state index is 12.4. The van der Waals surface area contributed by atoms with E-state index in [9.17, 15) is 19.8 Å². The van der Waals surface area contributed by atoms with Crippen molar-refractivity contribution in [3.8, 4) is 0 Å². The predicted octanol–water partition coefficient (Wildman–Crippen LogP) is 17.9. The average Bonchev–Trinajstić information content (AvgIpc) is 3.31. The van der Waals surface area contributed by atoms with Crippen molar-refractivity contribution in [3.63, 3.8) is 0 Å². The quantitative estimate of drug-likeness (QED) is 0.0321. The molecule has 2 unspecified atom stereocenters. The topological polar surface area (TPSA) is 95.9 Å². The predicted molar refractivity (Wildman–Crippen MR) is 283 cm³/mol. The molecule has 0 saturated heterocycles. The van der Waals surface area contributed by atoms with Gasteiger partial charge in [0.15, 0.2) is 0 Å². The zero-order chi connectivity index (χ0) is 47.2. The normalized spacial score (nSPS) is 12.7. The minimum atomic E-state index is -0.839. The van der Waals surface area contributed by atoms with Gasteiger partial charge in [-0.15, -0.1) is 0 Å². The molecule has 384 valence electrons. The molecule has 0 bridgehead atoms. The van der Waals surface area contributed by atoms with Gasteiger partial charge < -0.3 is 20.3 Å². The lowest BCUT2D eigenvalue weighted by Gasteiger charge is -2.20. The third kappa shape index (κ3) is 51.6. The zero-order valence-corrected chi connectivity index (χ0v) is 43.7. The molecule has 0 radical (unpaired) electrons. The highest BCUT2D eigenvalue weighted by Crippen LogP contribution is 2.17. The van der Waals surface area contributed by atoms with E-state index in [0.717, 1.165) is 44.9 Å². The number of carbonyl (C=O) groups is 2. The van der Waals surface area contributed by atoms with Crippen molar-refractivity contribution >= 4 is 11.9 Å². The number of aliphatic hydroxyl groups excluding tert-OH is 2. The lowest BCUT2D eigenvalue weighted by Crippen LogP contribution is -2.45. The maximum absolute atomic E-state index is 12.4. The molecule has 1 amide bonds. The summed E-state index contributed by atoms with van der Waals surface area (Å²) in [5.74, 6) is -0.0601. The molecule has 0 rings (SSSR count). The van der Waals surface area contributed by atoms with E-state index in [4.69, 9.17) is 4.74 Å². The number of hydrogen-bond acceptors (Lipinski definition) is 5. The first-order valence-electron chi connectivity index (χ1n) is 29.1. The Balaban J connectivity index is 3.33. The van der Waals surface area contributed by atoms with Crippen LogP contribution < -0.4 is 5.32 Å². The number of amides is 1. The number of carbonyl (C=O) groups excluding carboxylic acids is 2. The van der Waals surface area contributed by atoms with Crippen LogP contribution >= 0.6 is 0 Å². The van der Waals surface area contributed by atoms with Gasteiger partial charge in [-0.2, -0.15) is 0 Å². The fraction of sp³-hybridized carbons (Fsp3) is 0.898. The van der Waals surface area contributed by atoms with Crippen LogP contribution in [0.15, 0.2) is 24.3 Å². The Morgan fingerprint density at radius 2 is 0.723 bits per heavy atom. The van der Waals surface area contributed by atoms with E-state index >= 15 is 0 Å². The monoisotopic (exact) mass is 916 g/mol.